The summed E-state index contributed by atoms with van der Waals surface area (Å²) in [6.07, 6.45) is 2.12. The average molecular weight is 349 g/mol. The van der Waals surface area contributed by atoms with Gasteiger partial charge in [-0.05, 0) is 39.3 Å². The highest BCUT2D eigenvalue weighted by Gasteiger charge is 2.28. The van der Waals surface area contributed by atoms with E-state index in [1.54, 1.807) is 11.1 Å². The lowest BCUT2D eigenvalue weighted by molar-refractivity contribution is -0.122. The third-order valence-electron chi connectivity index (χ3n) is 3.65. The predicted octanol–water partition coefficient (Wildman–Crippen LogP) is 1.77. The molecule has 1 aromatic heterocycles. The number of aromatic nitrogens is 1. The minimum absolute atomic E-state index is 0.0522. The number of amides is 2. The maximum absolute atomic E-state index is 12.1. The van der Waals surface area contributed by atoms with Crippen LogP contribution in [-0.4, -0.2) is 59.8 Å². The van der Waals surface area contributed by atoms with Crippen molar-refractivity contribution in [1.29, 1.82) is 0 Å². The molecule has 0 aliphatic carbocycles. The van der Waals surface area contributed by atoms with Gasteiger partial charge in [-0.15, -0.1) is 0 Å². The number of ether oxygens (including phenoxy) is 2. The number of nitrogens with zero attached hydrogens (tertiary/aromatic N) is 2. The maximum atomic E-state index is 12.1. The normalized spacial score (nSPS) is 17.9. The molecule has 1 aromatic rings. The predicted molar refractivity (Wildman–Crippen MR) is 93.1 cm³/mol. The molecule has 7 heteroatoms. The lowest BCUT2D eigenvalue weighted by Crippen LogP contribution is -2.50. The van der Waals surface area contributed by atoms with Crippen molar-refractivity contribution in [3.8, 4) is 0 Å². The van der Waals surface area contributed by atoms with Crippen molar-refractivity contribution in [2.24, 2.45) is 0 Å². The molecule has 0 aromatic carbocycles. The summed E-state index contributed by atoms with van der Waals surface area (Å²) in [5, 5.41) is 2.86. The Labute approximate surface area is 148 Å². The van der Waals surface area contributed by atoms with Crippen molar-refractivity contribution >= 4 is 12.0 Å². The SMILES string of the molecule is CC(C)(C)OC(=O)N1CCO[C@H](CNC(=O)CCc2ccccn2)C1. The zero-order valence-electron chi connectivity index (χ0n) is 15.2. The number of morpholine rings is 1. The van der Waals surface area contributed by atoms with E-state index in [0.717, 1.165) is 5.69 Å². The van der Waals surface area contributed by atoms with Crippen molar-refractivity contribution in [3.63, 3.8) is 0 Å². The Kier molecular flexibility index (Phi) is 6.75. The Morgan fingerprint density at radius 3 is 2.88 bits per heavy atom. The molecule has 1 aliphatic rings. The largest absolute Gasteiger partial charge is 0.444 e. The fourth-order valence-electron chi connectivity index (χ4n) is 2.44. The number of pyridine rings is 1. The third-order valence-corrected chi connectivity index (χ3v) is 3.65. The lowest BCUT2D eigenvalue weighted by atomic mass is 10.2. The van der Waals surface area contributed by atoms with Crippen molar-refractivity contribution < 1.29 is 19.1 Å². The first-order chi connectivity index (χ1) is 11.8. The minimum atomic E-state index is -0.523. The molecular formula is C18H27N3O4. The van der Waals surface area contributed by atoms with Crippen LogP contribution >= 0.6 is 0 Å². The number of nitrogens with one attached hydrogen (secondary N) is 1. The minimum Gasteiger partial charge on any atom is -0.444 e. The van der Waals surface area contributed by atoms with Gasteiger partial charge in [-0.3, -0.25) is 9.78 Å². The van der Waals surface area contributed by atoms with Gasteiger partial charge < -0.3 is 19.7 Å². The van der Waals surface area contributed by atoms with Gasteiger partial charge in [-0.1, -0.05) is 6.07 Å². The summed E-state index contributed by atoms with van der Waals surface area (Å²) >= 11 is 0. The molecule has 7 nitrogen and oxygen atoms in total. The Balaban J connectivity index is 1.71. The number of carbonyl (C=O) groups excluding carboxylic acids is 2. The Morgan fingerprint density at radius 1 is 1.40 bits per heavy atom. The van der Waals surface area contributed by atoms with E-state index in [2.05, 4.69) is 10.3 Å². The van der Waals surface area contributed by atoms with Crippen LogP contribution < -0.4 is 5.32 Å². The number of hydrogen-bond acceptors (Lipinski definition) is 5. The first-order valence-corrected chi connectivity index (χ1v) is 8.59. The van der Waals surface area contributed by atoms with Crippen LogP contribution in [0.25, 0.3) is 0 Å². The van der Waals surface area contributed by atoms with Gasteiger partial charge in [-0.25, -0.2) is 4.79 Å². The summed E-state index contributed by atoms with van der Waals surface area (Å²) < 4.78 is 11.0. The van der Waals surface area contributed by atoms with Gasteiger partial charge in [0.05, 0.1) is 19.3 Å². The summed E-state index contributed by atoms with van der Waals surface area (Å²) in [6, 6.07) is 5.65. The van der Waals surface area contributed by atoms with E-state index in [-0.39, 0.29) is 18.1 Å². The fourth-order valence-corrected chi connectivity index (χ4v) is 2.44. The summed E-state index contributed by atoms with van der Waals surface area (Å²) in [6.45, 7) is 7.24. The Morgan fingerprint density at radius 2 is 2.20 bits per heavy atom. The molecule has 0 radical (unpaired) electrons. The second-order valence-electron chi connectivity index (χ2n) is 7.04. The number of rotatable bonds is 5. The highest BCUT2D eigenvalue weighted by atomic mass is 16.6. The van der Waals surface area contributed by atoms with Crippen molar-refractivity contribution in [1.82, 2.24) is 15.2 Å². The van der Waals surface area contributed by atoms with Crippen LogP contribution in [0.1, 0.15) is 32.9 Å². The van der Waals surface area contributed by atoms with E-state index >= 15 is 0 Å². The monoisotopic (exact) mass is 349 g/mol. The maximum Gasteiger partial charge on any atom is 0.410 e. The van der Waals surface area contributed by atoms with Crippen molar-refractivity contribution in [2.45, 2.75) is 45.3 Å². The molecule has 0 saturated carbocycles. The smallest absolute Gasteiger partial charge is 0.410 e. The van der Waals surface area contributed by atoms with Gasteiger partial charge in [0.25, 0.3) is 0 Å². The van der Waals surface area contributed by atoms with Crippen LogP contribution in [0, 0.1) is 0 Å². The van der Waals surface area contributed by atoms with E-state index in [4.69, 9.17) is 9.47 Å². The van der Waals surface area contributed by atoms with E-state index in [1.165, 1.54) is 0 Å². The number of hydrogen-bond donors (Lipinski definition) is 1. The topological polar surface area (TPSA) is 80.8 Å². The zero-order valence-corrected chi connectivity index (χ0v) is 15.2. The van der Waals surface area contributed by atoms with Crippen LogP contribution in [0.2, 0.25) is 0 Å². The quantitative estimate of drug-likeness (QED) is 0.876. The fraction of sp³-hybridized carbons (Fsp3) is 0.611. The van der Waals surface area contributed by atoms with Crippen molar-refractivity contribution in [3.05, 3.63) is 30.1 Å². The molecule has 1 N–H and O–H groups in total. The molecule has 2 heterocycles. The molecule has 2 rings (SSSR count). The van der Waals surface area contributed by atoms with Crippen LogP contribution in [-0.2, 0) is 20.7 Å². The van der Waals surface area contributed by atoms with Crippen LogP contribution in [0.5, 0.6) is 0 Å². The summed E-state index contributed by atoms with van der Waals surface area (Å²) in [7, 11) is 0. The molecule has 0 unspecified atom stereocenters. The molecule has 25 heavy (non-hydrogen) atoms. The van der Waals surface area contributed by atoms with E-state index < -0.39 is 5.60 Å². The van der Waals surface area contributed by atoms with Crippen LogP contribution in [0.4, 0.5) is 4.79 Å². The van der Waals surface area contributed by atoms with Crippen molar-refractivity contribution in [2.75, 3.05) is 26.2 Å². The third kappa shape index (κ3) is 7.09. The molecule has 138 valence electrons. The van der Waals surface area contributed by atoms with Gasteiger partial charge in [0.15, 0.2) is 0 Å². The van der Waals surface area contributed by atoms with Gasteiger partial charge in [0.1, 0.15) is 5.60 Å². The standard InChI is InChI=1S/C18H27N3O4/c1-18(2,3)25-17(23)21-10-11-24-15(13-21)12-20-16(22)8-7-14-6-4-5-9-19-14/h4-6,9,15H,7-8,10-13H2,1-3H3,(H,20,22)/t15-/m1/s1. The average Bonchev–Trinajstić information content (AvgIpc) is 2.58. The highest BCUT2D eigenvalue weighted by molar-refractivity contribution is 5.76. The Bertz CT molecular complexity index is 571. The van der Waals surface area contributed by atoms with E-state index in [1.807, 2.05) is 39.0 Å². The summed E-state index contributed by atoms with van der Waals surface area (Å²) in [5.41, 5.74) is 0.368. The molecule has 0 spiro atoms. The molecule has 1 aliphatic heterocycles. The number of carbonyl (C=O) groups is 2. The van der Waals surface area contributed by atoms with E-state index in [0.29, 0.717) is 39.1 Å². The summed E-state index contributed by atoms with van der Waals surface area (Å²) in [5.74, 6) is -0.0522. The van der Waals surface area contributed by atoms with Gasteiger partial charge in [-0.2, -0.15) is 0 Å². The molecule has 0 bridgehead atoms. The number of aryl methyl sites for hydroxylation is 1. The highest BCUT2D eigenvalue weighted by Crippen LogP contribution is 2.13. The first-order valence-electron chi connectivity index (χ1n) is 8.59. The Hall–Kier alpha value is -2.15. The second-order valence-corrected chi connectivity index (χ2v) is 7.04. The molecule has 2 amide bonds. The van der Waals surface area contributed by atoms with Crippen LogP contribution in [0.3, 0.4) is 0 Å². The molecule has 1 saturated heterocycles. The lowest BCUT2D eigenvalue weighted by Gasteiger charge is -2.34. The molecule has 1 atom stereocenters. The molecular weight excluding hydrogens is 322 g/mol. The second kappa shape index (κ2) is 8.80. The zero-order chi connectivity index (χ0) is 18.3. The van der Waals surface area contributed by atoms with Crippen LogP contribution in [0.15, 0.2) is 24.4 Å². The van der Waals surface area contributed by atoms with Gasteiger partial charge in [0.2, 0.25) is 5.91 Å². The first kappa shape index (κ1) is 19.2. The van der Waals surface area contributed by atoms with E-state index in [9.17, 15) is 9.59 Å². The van der Waals surface area contributed by atoms with Gasteiger partial charge in [0, 0.05) is 31.4 Å². The van der Waals surface area contributed by atoms with Gasteiger partial charge >= 0.3 is 6.09 Å². The summed E-state index contributed by atoms with van der Waals surface area (Å²) in [4.78, 5) is 29.9. The molecule has 1 fully saturated rings.